The van der Waals surface area contributed by atoms with Gasteiger partial charge < -0.3 is 10.2 Å². The summed E-state index contributed by atoms with van der Waals surface area (Å²) in [6.45, 7) is 12.5. The average molecular weight is 363 g/mol. The van der Waals surface area contributed by atoms with E-state index >= 15 is 0 Å². The Morgan fingerprint density at radius 3 is 1.31 bits per heavy atom. The molecule has 2 N–H and O–H groups in total. The van der Waals surface area contributed by atoms with E-state index in [-0.39, 0.29) is 10.8 Å². The van der Waals surface area contributed by atoms with Crippen molar-refractivity contribution in [2.45, 2.75) is 79.1 Å². The second-order valence-electron chi connectivity index (χ2n) is 9.61. The molecular formula is C22H34O4. The maximum Gasteiger partial charge on any atom is 0.310 e. The summed E-state index contributed by atoms with van der Waals surface area (Å²) < 4.78 is 0. The Labute approximate surface area is 157 Å². The van der Waals surface area contributed by atoms with Gasteiger partial charge in [0.15, 0.2) is 0 Å². The molecule has 0 saturated carbocycles. The van der Waals surface area contributed by atoms with Crippen LogP contribution in [0, 0.1) is 10.8 Å². The van der Waals surface area contributed by atoms with Gasteiger partial charge in [-0.2, -0.15) is 0 Å². The SMILES string of the molecule is CC(C)(C)CCC(C(=O)O)c1ccccc1C(CCC(C)(C)C)C(=O)O. The average Bonchev–Trinajstić information content (AvgIpc) is 2.45. The van der Waals surface area contributed by atoms with Crippen LogP contribution >= 0.6 is 0 Å². The molecule has 0 amide bonds. The zero-order chi connectivity index (χ0) is 20.1. The summed E-state index contributed by atoms with van der Waals surface area (Å²) in [5.74, 6) is -3.13. The van der Waals surface area contributed by atoms with E-state index in [0.29, 0.717) is 24.0 Å². The molecule has 2 unspecified atom stereocenters. The third kappa shape index (κ3) is 7.19. The zero-order valence-corrected chi connectivity index (χ0v) is 17.0. The van der Waals surface area contributed by atoms with Crippen LogP contribution in [0.2, 0.25) is 0 Å². The van der Waals surface area contributed by atoms with Crippen LogP contribution in [0.15, 0.2) is 24.3 Å². The maximum atomic E-state index is 11.9. The summed E-state index contributed by atoms with van der Waals surface area (Å²) in [5, 5.41) is 19.6. The highest BCUT2D eigenvalue weighted by atomic mass is 16.4. The van der Waals surface area contributed by atoms with E-state index < -0.39 is 23.8 Å². The molecule has 0 aliphatic carbocycles. The largest absolute Gasteiger partial charge is 0.481 e. The molecule has 0 aliphatic heterocycles. The quantitative estimate of drug-likeness (QED) is 0.624. The lowest BCUT2D eigenvalue weighted by Gasteiger charge is -2.26. The number of carboxylic acids is 2. The molecule has 0 saturated heterocycles. The zero-order valence-electron chi connectivity index (χ0n) is 17.0. The van der Waals surface area contributed by atoms with Gasteiger partial charge in [0.05, 0.1) is 11.8 Å². The smallest absolute Gasteiger partial charge is 0.310 e. The Morgan fingerprint density at radius 2 is 1.08 bits per heavy atom. The third-order valence-corrected chi connectivity index (χ3v) is 4.71. The predicted molar refractivity (Wildman–Crippen MR) is 105 cm³/mol. The van der Waals surface area contributed by atoms with Crippen molar-refractivity contribution in [3.8, 4) is 0 Å². The van der Waals surface area contributed by atoms with E-state index in [0.717, 1.165) is 12.8 Å². The van der Waals surface area contributed by atoms with Crippen molar-refractivity contribution in [2.75, 3.05) is 0 Å². The molecule has 0 aliphatic rings. The minimum Gasteiger partial charge on any atom is -0.481 e. The molecule has 2 atom stereocenters. The first kappa shape index (κ1) is 22.2. The predicted octanol–water partition coefficient (Wildman–Crippen LogP) is 5.68. The van der Waals surface area contributed by atoms with Crippen LogP contribution in [0.5, 0.6) is 0 Å². The summed E-state index contributed by atoms with van der Waals surface area (Å²) in [4.78, 5) is 23.9. The van der Waals surface area contributed by atoms with E-state index in [1.54, 1.807) is 24.3 Å². The second kappa shape index (κ2) is 8.70. The number of carboxylic acid groups (broad SMARTS) is 2. The van der Waals surface area contributed by atoms with Crippen LogP contribution in [0.1, 0.15) is 90.2 Å². The summed E-state index contributed by atoms with van der Waals surface area (Å²) in [5.41, 5.74) is 1.35. The van der Waals surface area contributed by atoms with Crippen LogP contribution < -0.4 is 0 Å². The summed E-state index contributed by atoms with van der Waals surface area (Å²) in [6, 6.07) is 7.16. The Bertz CT molecular complexity index is 565. The highest BCUT2D eigenvalue weighted by molar-refractivity contribution is 5.80. The molecule has 0 fully saturated rings. The van der Waals surface area contributed by atoms with Gasteiger partial charge in [-0.1, -0.05) is 65.8 Å². The van der Waals surface area contributed by atoms with Crippen molar-refractivity contribution >= 4 is 11.9 Å². The normalized spacial score (nSPS) is 14.7. The highest BCUT2D eigenvalue weighted by Crippen LogP contribution is 2.36. The van der Waals surface area contributed by atoms with Crippen molar-refractivity contribution in [3.63, 3.8) is 0 Å². The standard InChI is InChI=1S/C22H34O4/c1-21(2,3)13-11-17(19(23)24)15-9-7-8-10-16(15)18(20(25)26)12-14-22(4,5)6/h7-10,17-18H,11-14H2,1-6H3,(H,23,24)(H,25,26). The summed E-state index contributed by atoms with van der Waals surface area (Å²) >= 11 is 0. The van der Waals surface area contributed by atoms with Gasteiger partial charge in [-0.3, -0.25) is 9.59 Å². The highest BCUT2D eigenvalue weighted by Gasteiger charge is 2.30. The lowest BCUT2D eigenvalue weighted by Crippen LogP contribution is -2.21. The third-order valence-electron chi connectivity index (χ3n) is 4.71. The molecule has 0 aromatic heterocycles. The lowest BCUT2D eigenvalue weighted by atomic mass is 9.78. The lowest BCUT2D eigenvalue weighted by molar-refractivity contribution is -0.140. The van der Waals surface area contributed by atoms with Gasteiger partial charge in [-0.05, 0) is 47.6 Å². The minimum atomic E-state index is -0.887. The monoisotopic (exact) mass is 362 g/mol. The fourth-order valence-corrected chi connectivity index (χ4v) is 3.12. The Morgan fingerprint density at radius 1 is 0.769 bits per heavy atom. The second-order valence-corrected chi connectivity index (χ2v) is 9.61. The van der Waals surface area contributed by atoms with Gasteiger partial charge in [-0.15, -0.1) is 0 Å². The van der Waals surface area contributed by atoms with Gasteiger partial charge in [0.25, 0.3) is 0 Å². The van der Waals surface area contributed by atoms with Gasteiger partial charge in [0, 0.05) is 0 Å². The molecule has 0 bridgehead atoms. The molecule has 1 rings (SSSR count). The first-order valence-corrected chi connectivity index (χ1v) is 9.36. The van der Waals surface area contributed by atoms with Gasteiger partial charge in [0.2, 0.25) is 0 Å². The molecule has 146 valence electrons. The molecule has 1 aromatic rings. The van der Waals surface area contributed by atoms with Crippen molar-refractivity contribution in [3.05, 3.63) is 35.4 Å². The first-order chi connectivity index (χ1) is 11.8. The molecule has 0 radical (unpaired) electrons. The van der Waals surface area contributed by atoms with Crippen molar-refractivity contribution < 1.29 is 19.8 Å². The van der Waals surface area contributed by atoms with E-state index in [1.165, 1.54) is 0 Å². The molecule has 4 nitrogen and oxygen atoms in total. The van der Waals surface area contributed by atoms with Crippen molar-refractivity contribution in [1.29, 1.82) is 0 Å². The molecule has 0 spiro atoms. The van der Waals surface area contributed by atoms with Gasteiger partial charge >= 0.3 is 11.9 Å². The van der Waals surface area contributed by atoms with Crippen LogP contribution in [-0.4, -0.2) is 22.2 Å². The fraction of sp³-hybridized carbons (Fsp3) is 0.636. The van der Waals surface area contributed by atoms with E-state index in [4.69, 9.17) is 0 Å². The van der Waals surface area contributed by atoms with Gasteiger partial charge in [-0.25, -0.2) is 0 Å². The maximum absolute atomic E-state index is 11.9. The van der Waals surface area contributed by atoms with Crippen LogP contribution in [-0.2, 0) is 9.59 Å². The topological polar surface area (TPSA) is 74.6 Å². The number of rotatable bonds is 8. The van der Waals surface area contributed by atoms with Gasteiger partial charge in [0.1, 0.15) is 0 Å². The number of aliphatic carboxylic acids is 2. The number of hydrogen-bond donors (Lipinski definition) is 2. The molecule has 0 heterocycles. The molecule has 26 heavy (non-hydrogen) atoms. The Balaban J connectivity index is 3.22. The number of carbonyl (C=O) groups is 2. The van der Waals surface area contributed by atoms with E-state index in [9.17, 15) is 19.8 Å². The molecular weight excluding hydrogens is 328 g/mol. The number of benzene rings is 1. The van der Waals surface area contributed by atoms with Crippen LogP contribution in [0.3, 0.4) is 0 Å². The van der Waals surface area contributed by atoms with E-state index in [1.807, 2.05) is 0 Å². The first-order valence-electron chi connectivity index (χ1n) is 9.36. The van der Waals surface area contributed by atoms with E-state index in [2.05, 4.69) is 41.5 Å². The molecule has 1 aromatic carbocycles. The summed E-state index contributed by atoms with van der Waals surface area (Å²) in [6.07, 6.45) is 2.53. The fourth-order valence-electron chi connectivity index (χ4n) is 3.12. The Hall–Kier alpha value is -1.84. The summed E-state index contributed by atoms with van der Waals surface area (Å²) in [7, 11) is 0. The Kier molecular flexibility index (Phi) is 7.43. The van der Waals surface area contributed by atoms with Crippen molar-refractivity contribution in [2.24, 2.45) is 10.8 Å². The number of hydrogen-bond acceptors (Lipinski definition) is 2. The van der Waals surface area contributed by atoms with Crippen LogP contribution in [0.4, 0.5) is 0 Å². The minimum absolute atomic E-state index is 0.0288. The van der Waals surface area contributed by atoms with Crippen molar-refractivity contribution in [1.82, 2.24) is 0 Å². The van der Waals surface area contributed by atoms with Crippen LogP contribution in [0.25, 0.3) is 0 Å². The molecule has 4 heteroatoms.